The average Bonchev–Trinajstić information content (AvgIpc) is 3.64. The number of thiazole rings is 1. The molecule has 0 unspecified atom stereocenters. The van der Waals surface area contributed by atoms with Crippen molar-refractivity contribution in [3.8, 4) is 28.4 Å². The summed E-state index contributed by atoms with van der Waals surface area (Å²) in [4.78, 5) is 47.8. The number of amides is 2. The topological polar surface area (TPSA) is 124 Å². The molecule has 0 radical (unpaired) electrons. The van der Waals surface area contributed by atoms with Gasteiger partial charge in [-0.1, -0.05) is 24.3 Å². The molecule has 2 amide bonds. The fraction of sp³-hybridized carbons (Fsp3) is 0.278. The van der Waals surface area contributed by atoms with Gasteiger partial charge in [-0.05, 0) is 72.5 Å². The third-order valence-corrected chi connectivity index (χ3v) is 9.49. The Kier molecular flexibility index (Phi) is 8.59. The zero-order chi connectivity index (χ0) is 33.4. The summed E-state index contributed by atoms with van der Waals surface area (Å²) in [6, 6.07) is 19.8. The van der Waals surface area contributed by atoms with E-state index in [0.717, 1.165) is 27.1 Å². The minimum absolute atomic E-state index is 0.125. The van der Waals surface area contributed by atoms with Crippen LogP contribution in [0.25, 0.3) is 16.1 Å². The van der Waals surface area contributed by atoms with E-state index in [-0.39, 0.29) is 36.6 Å². The quantitative estimate of drug-likeness (QED) is 0.295. The molecule has 5 heterocycles. The second-order valence-corrected chi connectivity index (χ2v) is 13.3. The molecule has 3 aliphatic heterocycles. The van der Waals surface area contributed by atoms with Crippen molar-refractivity contribution < 1.29 is 23.8 Å². The predicted molar refractivity (Wildman–Crippen MR) is 182 cm³/mol. The van der Waals surface area contributed by atoms with Gasteiger partial charge in [0, 0.05) is 48.9 Å². The molecular formula is C36H35N5O6S. The molecule has 2 N–H and O–H groups in total. The van der Waals surface area contributed by atoms with Gasteiger partial charge in [0.1, 0.15) is 11.9 Å². The van der Waals surface area contributed by atoms with Crippen LogP contribution in [0.3, 0.4) is 0 Å². The summed E-state index contributed by atoms with van der Waals surface area (Å²) >= 11 is 1.47. The van der Waals surface area contributed by atoms with Crippen LogP contribution in [0.4, 0.5) is 0 Å². The number of rotatable bonds is 3. The monoisotopic (exact) mass is 665 g/mol. The lowest BCUT2D eigenvalue weighted by molar-refractivity contribution is -0.123. The largest absolute Gasteiger partial charge is 0.493 e. The van der Waals surface area contributed by atoms with Gasteiger partial charge >= 0.3 is 0 Å². The fourth-order valence-electron chi connectivity index (χ4n) is 6.17. The summed E-state index contributed by atoms with van der Waals surface area (Å²) in [5, 5.41) is 6.13. The van der Waals surface area contributed by atoms with E-state index >= 15 is 0 Å². The number of benzene rings is 3. The fourth-order valence-corrected chi connectivity index (χ4v) is 7.02. The molecule has 12 heteroatoms. The van der Waals surface area contributed by atoms with Gasteiger partial charge in [-0.2, -0.15) is 0 Å². The number of carbonyl (C=O) groups is 2. The van der Waals surface area contributed by atoms with Crippen molar-refractivity contribution in [2.75, 3.05) is 26.8 Å². The van der Waals surface area contributed by atoms with E-state index in [1.54, 1.807) is 29.8 Å². The lowest BCUT2D eigenvalue weighted by Gasteiger charge is -2.23. The third kappa shape index (κ3) is 6.62. The molecule has 2 aromatic heterocycles. The molecule has 1 fully saturated rings. The van der Waals surface area contributed by atoms with Crippen molar-refractivity contribution in [2.45, 2.75) is 39.1 Å². The Balaban J connectivity index is 1.22. The van der Waals surface area contributed by atoms with Crippen molar-refractivity contribution in [1.29, 1.82) is 0 Å². The first-order chi connectivity index (χ1) is 23.2. The van der Waals surface area contributed by atoms with E-state index in [4.69, 9.17) is 19.2 Å². The van der Waals surface area contributed by atoms with E-state index in [2.05, 4.69) is 15.5 Å². The van der Waals surface area contributed by atoms with Crippen molar-refractivity contribution in [3.05, 3.63) is 111 Å². The maximum atomic E-state index is 13.8. The highest BCUT2D eigenvalue weighted by atomic mass is 32.1. The number of hydrogen-bond acceptors (Lipinski definition) is 9. The Labute approximate surface area is 281 Å². The number of aromatic nitrogens is 2. The van der Waals surface area contributed by atoms with Crippen molar-refractivity contribution >= 4 is 28.1 Å². The van der Waals surface area contributed by atoms with Crippen LogP contribution >= 0.6 is 11.3 Å². The number of nitrogens with one attached hydrogen (secondary N) is 2. The third-order valence-electron chi connectivity index (χ3n) is 8.59. The SMILES string of the molecule is COc1cc2ccc1O[C@H]1CN(Cc3cc(=O)n4cc(C)sc4n3)C[C@@H]1NC(=O)c1ccc(C)c(c1)-c1cccc(c1)OCC(=O)NC2. The molecule has 8 rings (SSSR count). The summed E-state index contributed by atoms with van der Waals surface area (Å²) in [6.45, 7) is 5.44. The van der Waals surface area contributed by atoms with Crippen LogP contribution in [0, 0.1) is 13.8 Å². The van der Waals surface area contributed by atoms with Gasteiger partial charge in [0.25, 0.3) is 17.4 Å². The van der Waals surface area contributed by atoms with Crippen molar-refractivity contribution in [1.82, 2.24) is 24.9 Å². The second-order valence-electron chi connectivity index (χ2n) is 12.1. The van der Waals surface area contributed by atoms with E-state index in [0.29, 0.717) is 53.1 Å². The van der Waals surface area contributed by atoms with Crippen molar-refractivity contribution in [2.24, 2.45) is 0 Å². The minimum atomic E-state index is -0.438. The first-order valence-electron chi connectivity index (χ1n) is 15.7. The van der Waals surface area contributed by atoms with Crippen LogP contribution < -0.4 is 30.4 Å². The molecule has 0 aliphatic carbocycles. The first-order valence-corrected chi connectivity index (χ1v) is 16.5. The number of fused-ring (bicyclic) bond motifs is 8. The summed E-state index contributed by atoms with van der Waals surface area (Å²) < 4.78 is 19.6. The van der Waals surface area contributed by atoms with Gasteiger partial charge in [-0.3, -0.25) is 23.7 Å². The number of methoxy groups -OCH3 is 1. The molecule has 3 aromatic carbocycles. The molecule has 6 bridgehead atoms. The number of nitrogens with zero attached hydrogens (tertiary/aromatic N) is 3. The highest BCUT2D eigenvalue weighted by Crippen LogP contribution is 2.32. The maximum Gasteiger partial charge on any atom is 0.258 e. The van der Waals surface area contributed by atoms with Gasteiger partial charge < -0.3 is 24.8 Å². The standard InChI is InChI=1S/C36H35N5O6S/c1-21-7-9-25-13-28(21)24-5-4-6-27(12-24)46-20-33(42)37-15-23-8-10-30(31(11-23)45-3)47-32-19-40(18-29(32)39-35(25)44)17-26-14-34(43)41-16-22(2)48-36(41)38-26/h4-14,16,29,32H,15,17-20H2,1-3H3,(H,37,42)(H,39,44)/t29-,32-/m0/s1. The summed E-state index contributed by atoms with van der Waals surface area (Å²) in [7, 11) is 1.56. The van der Waals surface area contributed by atoms with E-state index in [1.807, 2.05) is 68.4 Å². The molecule has 246 valence electrons. The molecule has 0 saturated carbocycles. The predicted octanol–water partition coefficient (Wildman–Crippen LogP) is 4.12. The van der Waals surface area contributed by atoms with E-state index in [1.165, 1.54) is 11.3 Å². The number of likely N-dealkylation sites (tertiary alicyclic amines) is 1. The minimum Gasteiger partial charge on any atom is -0.493 e. The van der Waals surface area contributed by atoms with Crippen LogP contribution in [-0.2, 0) is 17.9 Å². The molecule has 1 saturated heterocycles. The van der Waals surface area contributed by atoms with Crippen LogP contribution in [0.1, 0.15) is 32.1 Å². The molecule has 5 aromatic rings. The molecule has 2 atom stereocenters. The first kappa shape index (κ1) is 31.4. The Morgan fingerprint density at radius 1 is 1.00 bits per heavy atom. The van der Waals surface area contributed by atoms with Gasteiger partial charge in [0.2, 0.25) is 0 Å². The van der Waals surface area contributed by atoms with Gasteiger partial charge in [0.15, 0.2) is 23.1 Å². The van der Waals surface area contributed by atoms with Gasteiger partial charge in [-0.25, -0.2) is 4.98 Å². The highest BCUT2D eigenvalue weighted by molar-refractivity contribution is 7.16. The van der Waals surface area contributed by atoms with E-state index < -0.39 is 6.10 Å². The average molecular weight is 666 g/mol. The Morgan fingerprint density at radius 2 is 1.88 bits per heavy atom. The second kappa shape index (κ2) is 13.1. The van der Waals surface area contributed by atoms with Crippen LogP contribution in [-0.4, -0.2) is 65.1 Å². The lowest BCUT2D eigenvalue weighted by Crippen LogP contribution is -2.45. The normalized spacial score (nSPS) is 18.4. The zero-order valence-corrected chi connectivity index (χ0v) is 27.6. The van der Waals surface area contributed by atoms with Gasteiger partial charge in [-0.15, -0.1) is 11.3 Å². The number of ether oxygens (including phenoxy) is 3. The molecular weight excluding hydrogens is 630 g/mol. The smallest absolute Gasteiger partial charge is 0.258 e. The number of aryl methyl sites for hydroxylation is 2. The number of carbonyl (C=O) groups excluding carboxylic acids is 2. The molecule has 11 nitrogen and oxygen atoms in total. The lowest BCUT2D eigenvalue weighted by atomic mass is 9.97. The summed E-state index contributed by atoms with van der Waals surface area (Å²) in [5.41, 5.74) is 4.61. The molecule has 3 aliphatic rings. The Bertz CT molecular complexity index is 2090. The van der Waals surface area contributed by atoms with Crippen LogP contribution in [0.5, 0.6) is 17.2 Å². The number of hydrogen-bond donors (Lipinski definition) is 2. The van der Waals surface area contributed by atoms with Crippen molar-refractivity contribution in [3.63, 3.8) is 0 Å². The van der Waals surface area contributed by atoms with Crippen LogP contribution in [0.2, 0.25) is 0 Å². The molecule has 0 spiro atoms. The summed E-state index contributed by atoms with van der Waals surface area (Å²) in [5.74, 6) is 1.07. The van der Waals surface area contributed by atoms with Crippen LogP contribution in [0.15, 0.2) is 77.7 Å². The molecule has 48 heavy (non-hydrogen) atoms. The summed E-state index contributed by atoms with van der Waals surface area (Å²) in [6.07, 6.45) is 1.36. The van der Waals surface area contributed by atoms with E-state index in [9.17, 15) is 14.4 Å². The highest BCUT2D eigenvalue weighted by Gasteiger charge is 2.36. The zero-order valence-electron chi connectivity index (χ0n) is 26.8. The van der Waals surface area contributed by atoms with Gasteiger partial charge in [0.05, 0.1) is 18.8 Å². The Hall–Kier alpha value is -5.20. The Morgan fingerprint density at radius 3 is 2.73 bits per heavy atom. The maximum absolute atomic E-state index is 13.8.